The third-order valence-corrected chi connectivity index (χ3v) is 7.00. The summed E-state index contributed by atoms with van der Waals surface area (Å²) in [7, 11) is 0. The van der Waals surface area contributed by atoms with E-state index in [1.54, 1.807) is 0 Å². The lowest BCUT2D eigenvalue weighted by Crippen LogP contribution is -2.26. The molecule has 0 unspecified atom stereocenters. The average Bonchev–Trinajstić information content (AvgIpc) is 2.91. The van der Waals surface area contributed by atoms with Crippen molar-refractivity contribution < 1.29 is 23.0 Å². The maximum absolute atomic E-state index is 14.8. The Kier molecular flexibility index (Phi) is 12.7. The molecule has 1 aliphatic heterocycles. The molecule has 36 heavy (non-hydrogen) atoms. The molecular weight excluding hydrogens is 458 g/mol. The van der Waals surface area contributed by atoms with Gasteiger partial charge < -0.3 is 14.2 Å². The Morgan fingerprint density at radius 3 is 2.00 bits per heavy atom. The van der Waals surface area contributed by atoms with Crippen molar-refractivity contribution in [3.05, 3.63) is 64.7 Å². The monoisotopic (exact) mass is 502 g/mol. The molecule has 1 fully saturated rings. The molecule has 0 radical (unpaired) electrons. The van der Waals surface area contributed by atoms with Crippen LogP contribution in [-0.4, -0.2) is 19.8 Å². The summed E-state index contributed by atoms with van der Waals surface area (Å²) < 4.78 is 46.4. The quantitative estimate of drug-likeness (QED) is 0.214. The van der Waals surface area contributed by atoms with Crippen molar-refractivity contribution in [2.45, 2.75) is 103 Å². The summed E-state index contributed by atoms with van der Waals surface area (Å²) in [6.07, 6.45) is 13.3. The number of hydrogen-bond donors (Lipinski definition) is 0. The van der Waals surface area contributed by atoms with E-state index in [0.717, 1.165) is 31.2 Å². The van der Waals surface area contributed by atoms with E-state index in [1.165, 1.54) is 69.1 Å². The largest absolute Gasteiger partial charge is 0.490 e. The first-order valence-corrected chi connectivity index (χ1v) is 14.1. The summed E-state index contributed by atoms with van der Waals surface area (Å²) >= 11 is 0. The minimum Gasteiger partial charge on any atom is -0.490 e. The maximum atomic E-state index is 14.8. The number of ether oxygens (including phenoxy) is 3. The van der Waals surface area contributed by atoms with Crippen LogP contribution in [0.25, 0.3) is 0 Å². The highest BCUT2D eigenvalue weighted by Crippen LogP contribution is 2.34. The first-order chi connectivity index (χ1) is 17.6. The summed E-state index contributed by atoms with van der Waals surface area (Å²) in [4.78, 5) is 0. The van der Waals surface area contributed by atoms with Gasteiger partial charge in [-0.25, -0.2) is 4.39 Å². The van der Waals surface area contributed by atoms with Crippen molar-refractivity contribution in [1.82, 2.24) is 0 Å². The standard InChI is InChI=1S/C31H44F2O3/c1-3-5-7-9-10-12-14-24-15-17-25(18-16-24)26-22-35-31(36-23-26)27-19-20-28(30(33)29(27)32)34-21-13-11-8-6-4-2/h15-20,26,31H,3-14,21-23H2,1-2H3. The summed E-state index contributed by atoms with van der Waals surface area (Å²) in [6.45, 7) is 5.59. The van der Waals surface area contributed by atoms with E-state index in [4.69, 9.17) is 14.2 Å². The zero-order valence-electron chi connectivity index (χ0n) is 22.2. The van der Waals surface area contributed by atoms with Gasteiger partial charge in [0, 0.05) is 11.5 Å². The van der Waals surface area contributed by atoms with Gasteiger partial charge >= 0.3 is 0 Å². The zero-order valence-corrected chi connectivity index (χ0v) is 22.2. The lowest BCUT2D eigenvalue weighted by molar-refractivity contribution is -0.193. The van der Waals surface area contributed by atoms with Gasteiger partial charge in [-0.2, -0.15) is 4.39 Å². The average molecular weight is 503 g/mol. The van der Waals surface area contributed by atoms with Crippen LogP contribution in [0.5, 0.6) is 5.75 Å². The third kappa shape index (κ3) is 8.85. The molecule has 0 N–H and O–H groups in total. The highest BCUT2D eigenvalue weighted by Gasteiger charge is 2.28. The van der Waals surface area contributed by atoms with E-state index in [1.807, 2.05) is 0 Å². The molecule has 200 valence electrons. The van der Waals surface area contributed by atoms with Crippen LogP contribution in [0, 0.1) is 11.6 Å². The van der Waals surface area contributed by atoms with Gasteiger partial charge in [0.15, 0.2) is 17.9 Å². The molecule has 0 spiro atoms. The van der Waals surface area contributed by atoms with Gasteiger partial charge in [-0.1, -0.05) is 95.9 Å². The molecule has 2 aromatic rings. The molecular formula is C31H44F2O3. The number of halogens is 2. The Morgan fingerprint density at radius 1 is 0.722 bits per heavy atom. The summed E-state index contributed by atoms with van der Waals surface area (Å²) in [5.74, 6) is -1.91. The number of rotatable bonds is 16. The van der Waals surface area contributed by atoms with Gasteiger partial charge in [0.05, 0.1) is 19.8 Å². The fourth-order valence-corrected chi connectivity index (χ4v) is 4.67. The topological polar surface area (TPSA) is 27.7 Å². The number of unbranched alkanes of at least 4 members (excludes halogenated alkanes) is 9. The zero-order chi connectivity index (χ0) is 25.6. The number of aryl methyl sites for hydroxylation is 1. The summed E-state index contributed by atoms with van der Waals surface area (Å²) in [6, 6.07) is 11.6. The Labute approximate surface area is 216 Å². The fourth-order valence-electron chi connectivity index (χ4n) is 4.67. The maximum Gasteiger partial charge on any atom is 0.201 e. The van der Waals surface area contributed by atoms with Crippen LogP contribution in [0.3, 0.4) is 0 Å². The minimum atomic E-state index is -0.976. The van der Waals surface area contributed by atoms with Crippen molar-refractivity contribution >= 4 is 0 Å². The van der Waals surface area contributed by atoms with Crippen LogP contribution in [0.15, 0.2) is 36.4 Å². The minimum absolute atomic E-state index is 0.0542. The van der Waals surface area contributed by atoms with Crippen LogP contribution in [0.1, 0.15) is 113 Å². The van der Waals surface area contributed by atoms with Crippen LogP contribution >= 0.6 is 0 Å². The first-order valence-electron chi connectivity index (χ1n) is 14.1. The molecule has 0 aromatic heterocycles. The lowest BCUT2D eigenvalue weighted by Gasteiger charge is -2.30. The third-order valence-electron chi connectivity index (χ3n) is 7.00. The fraction of sp³-hybridized carbons (Fsp3) is 0.613. The van der Waals surface area contributed by atoms with Crippen molar-refractivity contribution in [3.8, 4) is 5.75 Å². The van der Waals surface area contributed by atoms with Crippen LogP contribution in [0.4, 0.5) is 8.78 Å². The molecule has 1 saturated heterocycles. The molecule has 2 aromatic carbocycles. The second kappa shape index (κ2) is 16.0. The van der Waals surface area contributed by atoms with Crippen molar-refractivity contribution in [2.75, 3.05) is 19.8 Å². The van der Waals surface area contributed by atoms with Gasteiger partial charge in [0.1, 0.15) is 0 Å². The van der Waals surface area contributed by atoms with Crippen LogP contribution in [0.2, 0.25) is 0 Å². The molecule has 0 atom stereocenters. The van der Waals surface area contributed by atoms with Crippen molar-refractivity contribution in [2.24, 2.45) is 0 Å². The molecule has 3 nitrogen and oxygen atoms in total. The molecule has 0 amide bonds. The Bertz CT molecular complexity index is 876. The first kappa shape index (κ1) is 28.6. The van der Waals surface area contributed by atoms with Gasteiger partial charge in [-0.15, -0.1) is 0 Å². The molecule has 3 rings (SSSR count). The van der Waals surface area contributed by atoms with E-state index >= 15 is 0 Å². The highest BCUT2D eigenvalue weighted by molar-refractivity contribution is 5.32. The van der Waals surface area contributed by atoms with E-state index in [-0.39, 0.29) is 17.2 Å². The molecule has 5 heteroatoms. The van der Waals surface area contributed by atoms with E-state index in [2.05, 4.69) is 38.1 Å². The van der Waals surface area contributed by atoms with Gasteiger partial charge in [-0.05, 0) is 42.5 Å². The molecule has 1 heterocycles. The van der Waals surface area contributed by atoms with E-state index in [0.29, 0.717) is 19.8 Å². The van der Waals surface area contributed by atoms with Crippen LogP contribution in [-0.2, 0) is 15.9 Å². The smallest absolute Gasteiger partial charge is 0.201 e. The normalized spacial score (nSPS) is 17.9. The Morgan fingerprint density at radius 2 is 1.33 bits per heavy atom. The predicted octanol–water partition coefficient (Wildman–Crippen LogP) is 9.05. The van der Waals surface area contributed by atoms with Gasteiger partial charge in [-0.3, -0.25) is 0 Å². The van der Waals surface area contributed by atoms with E-state index in [9.17, 15) is 8.78 Å². The van der Waals surface area contributed by atoms with Crippen LogP contribution < -0.4 is 4.74 Å². The van der Waals surface area contributed by atoms with Gasteiger partial charge in [0.25, 0.3) is 0 Å². The lowest BCUT2D eigenvalue weighted by atomic mass is 9.97. The molecule has 1 aliphatic rings. The van der Waals surface area contributed by atoms with E-state index < -0.39 is 17.9 Å². The SMILES string of the molecule is CCCCCCCCc1ccc(C2COC(c3ccc(OCCCCCCC)c(F)c3F)OC2)cc1. The summed E-state index contributed by atoms with van der Waals surface area (Å²) in [5.41, 5.74) is 2.58. The van der Waals surface area contributed by atoms with Gasteiger partial charge in [0.2, 0.25) is 5.82 Å². The molecule has 0 bridgehead atoms. The van der Waals surface area contributed by atoms with Crippen molar-refractivity contribution in [1.29, 1.82) is 0 Å². The number of hydrogen-bond acceptors (Lipinski definition) is 3. The summed E-state index contributed by atoms with van der Waals surface area (Å²) in [5, 5.41) is 0. The van der Waals surface area contributed by atoms with Crippen molar-refractivity contribution in [3.63, 3.8) is 0 Å². The predicted molar refractivity (Wildman–Crippen MR) is 142 cm³/mol. The highest BCUT2D eigenvalue weighted by atomic mass is 19.2. The second-order valence-corrected chi connectivity index (χ2v) is 10.00. The second-order valence-electron chi connectivity index (χ2n) is 10.00. The molecule has 0 aliphatic carbocycles. The molecule has 0 saturated carbocycles. The number of benzene rings is 2. The Balaban J connectivity index is 1.44. The Hall–Kier alpha value is -1.98.